The third-order valence-electron chi connectivity index (χ3n) is 2.72. The number of hydrogen-bond donors (Lipinski definition) is 1. The molecule has 1 saturated heterocycles. The van der Waals surface area contributed by atoms with Crippen molar-refractivity contribution in [3.05, 3.63) is 0 Å². The van der Waals surface area contributed by atoms with Crippen LogP contribution in [0.2, 0.25) is 0 Å². The Morgan fingerprint density at radius 2 is 2.27 bits per heavy atom. The smallest absolute Gasteiger partial charge is 0.239 e. The maximum absolute atomic E-state index is 11.4. The Morgan fingerprint density at radius 3 is 2.64 bits per heavy atom. The zero-order valence-electron chi connectivity index (χ0n) is 7.48. The molecule has 11 heavy (non-hydrogen) atoms. The number of amides is 1. The van der Waals surface area contributed by atoms with Crippen molar-refractivity contribution in [3.63, 3.8) is 0 Å². The second-order valence-corrected chi connectivity index (χ2v) is 3.38. The average molecular weight is 156 g/mol. The Balaban J connectivity index is 2.72. The molecule has 1 aliphatic rings. The summed E-state index contributed by atoms with van der Waals surface area (Å²) < 4.78 is 0. The Hall–Kier alpha value is -0.570. The molecule has 1 N–H and O–H groups in total. The lowest BCUT2D eigenvalue weighted by Crippen LogP contribution is -2.50. The molecule has 3 nitrogen and oxygen atoms in total. The van der Waals surface area contributed by atoms with Crippen LogP contribution in [-0.4, -0.2) is 37.0 Å². The third-order valence-corrected chi connectivity index (χ3v) is 2.72. The van der Waals surface area contributed by atoms with Gasteiger partial charge in [0.1, 0.15) is 0 Å². The Bertz CT molecular complexity index is 169. The number of rotatable bonds is 1. The van der Waals surface area contributed by atoms with E-state index in [1.165, 1.54) is 0 Å². The molecule has 0 unspecified atom stereocenters. The van der Waals surface area contributed by atoms with Gasteiger partial charge >= 0.3 is 0 Å². The van der Waals surface area contributed by atoms with Crippen molar-refractivity contribution in [3.8, 4) is 0 Å². The van der Waals surface area contributed by atoms with Gasteiger partial charge in [-0.2, -0.15) is 0 Å². The van der Waals surface area contributed by atoms with Gasteiger partial charge in [-0.25, -0.2) is 0 Å². The number of carbonyl (C=O) groups excluding carboxylic acids is 1. The van der Waals surface area contributed by atoms with Crippen molar-refractivity contribution in [2.45, 2.75) is 25.3 Å². The summed E-state index contributed by atoms with van der Waals surface area (Å²) in [5, 5.41) is 2.70. The van der Waals surface area contributed by atoms with E-state index in [1.54, 1.807) is 7.05 Å². The van der Waals surface area contributed by atoms with Gasteiger partial charge < -0.3 is 5.32 Å². The van der Waals surface area contributed by atoms with Gasteiger partial charge in [0.15, 0.2) is 0 Å². The molecule has 0 aromatic carbocycles. The maximum Gasteiger partial charge on any atom is 0.239 e. The number of likely N-dealkylation sites (tertiary alicyclic amines) is 1. The van der Waals surface area contributed by atoms with Crippen molar-refractivity contribution in [1.82, 2.24) is 10.2 Å². The number of hydrogen-bond acceptors (Lipinski definition) is 2. The molecule has 1 rings (SSSR count). The molecule has 1 aliphatic heterocycles. The first-order valence-corrected chi connectivity index (χ1v) is 4.04. The topological polar surface area (TPSA) is 32.3 Å². The molecule has 0 radical (unpaired) electrons. The van der Waals surface area contributed by atoms with Crippen LogP contribution in [0.1, 0.15) is 19.8 Å². The van der Waals surface area contributed by atoms with E-state index in [9.17, 15) is 4.79 Å². The average Bonchev–Trinajstić information content (AvgIpc) is 2.32. The highest BCUT2D eigenvalue weighted by Gasteiger charge is 2.40. The van der Waals surface area contributed by atoms with Crippen molar-refractivity contribution in [1.29, 1.82) is 0 Å². The van der Waals surface area contributed by atoms with Crippen molar-refractivity contribution in [2.75, 3.05) is 20.6 Å². The summed E-state index contributed by atoms with van der Waals surface area (Å²) in [5.74, 6) is 0.137. The fourth-order valence-corrected chi connectivity index (χ4v) is 1.65. The molecule has 1 fully saturated rings. The van der Waals surface area contributed by atoms with Crippen LogP contribution in [0.5, 0.6) is 0 Å². The van der Waals surface area contributed by atoms with Crippen LogP contribution in [0.15, 0.2) is 0 Å². The van der Waals surface area contributed by atoms with Gasteiger partial charge in [0.25, 0.3) is 0 Å². The van der Waals surface area contributed by atoms with E-state index in [4.69, 9.17) is 0 Å². The predicted molar refractivity (Wildman–Crippen MR) is 44.3 cm³/mol. The molecule has 0 bridgehead atoms. The first-order chi connectivity index (χ1) is 5.11. The second-order valence-electron chi connectivity index (χ2n) is 3.38. The van der Waals surface area contributed by atoms with E-state index < -0.39 is 0 Å². The van der Waals surface area contributed by atoms with Crippen LogP contribution in [-0.2, 0) is 4.79 Å². The van der Waals surface area contributed by atoms with E-state index in [0.717, 1.165) is 19.4 Å². The van der Waals surface area contributed by atoms with Gasteiger partial charge in [-0.05, 0) is 33.4 Å². The first kappa shape index (κ1) is 8.53. The number of carbonyl (C=O) groups is 1. The van der Waals surface area contributed by atoms with E-state index in [-0.39, 0.29) is 11.4 Å². The number of nitrogens with zero attached hydrogens (tertiary/aromatic N) is 1. The maximum atomic E-state index is 11.4. The van der Waals surface area contributed by atoms with Crippen molar-refractivity contribution < 1.29 is 4.79 Å². The van der Waals surface area contributed by atoms with Crippen molar-refractivity contribution in [2.24, 2.45) is 0 Å². The van der Waals surface area contributed by atoms with Gasteiger partial charge in [0, 0.05) is 7.05 Å². The molecule has 0 saturated carbocycles. The lowest BCUT2D eigenvalue weighted by atomic mass is 9.98. The summed E-state index contributed by atoms with van der Waals surface area (Å²) in [5.41, 5.74) is -0.255. The number of likely N-dealkylation sites (N-methyl/N-ethyl adjacent to an activating group) is 2. The van der Waals surface area contributed by atoms with E-state index in [0.29, 0.717) is 0 Å². The molecule has 3 heteroatoms. The molecule has 1 atom stereocenters. The van der Waals surface area contributed by atoms with Crippen molar-refractivity contribution >= 4 is 5.91 Å². The summed E-state index contributed by atoms with van der Waals surface area (Å²) in [4.78, 5) is 13.5. The van der Waals surface area contributed by atoms with Gasteiger partial charge in [-0.1, -0.05) is 0 Å². The molecular weight excluding hydrogens is 140 g/mol. The molecule has 1 heterocycles. The predicted octanol–water partition coefficient (Wildman–Crippen LogP) is 0.217. The van der Waals surface area contributed by atoms with Crippen LogP contribution in [0.25, 0.3) is 0 Å². The quantitative estimate of drug-likeness (QED) is 0.589. The Kier molecular flexibility index (Phi) is 2.18. The fourth-order valence-electron chi connectivity index (χ4n) is 1.65. The Morgan fingerprint density at radius 1 is 1.64 bits per heavy atom. The molecule has 0 aromatic rings. The highest BCUT2D eigenvalue weighted by molar-refractivity contribution is 5.85. The first-order valence-electron chi connectivity index (χ1n) is 4.04. The highest BCUT2D eigenvalue weighted by Crippen LogP contribution is 2.26. The standard InChI is InChI=1S/C8H16N2O/c1-8(7(11)9-2)5-4-6-10(8)3/h4-6H2,1-3H3,(H,9,11)/t8-/m0/s1. The monoisotopic (exact) mass is 156 g/mol. The van der Waals surface area contributed by atoms with Crippen LogP contribution >= 0.6 is 0 Å². The minimum Gasteiger partial charge on any atom is -0.358 e. The third kappa shape index (κ3) is 1.25. The SMILES string of the molecule is CNC(=O)[C@]1(C)CCCN1C. The zero-order valence-corrected chi connectivity index (χ0v) is 7.48. The van der Waals surface area contributed by atoms with Crippen LogP contribution in [0.4, 0.5) is 0 Å². The summed E-state index contributed by atoms with van der Waals surface area (Å²) in [6.45, 7) is 3.03. The van der Waals surface area contributed by atoms with E-state index >= 15 is 0 Å². The number of nitrogens with one attached hydrogen (secondary N) is 1. The highest BCUT2D eigenvalue weighted by atomic mass is 16.2. The zero-order chi connectivity index (χ0) is 8.48. The lowest BCUT2D eigenvalue weighted by molar-refractivity contribution is -0.129. The van der Waals surface area contributed by atoms with Crippen LogP contribution in [0.3, 0.4) is 0 Å². The molecule has 0 spiro atoms. The van der Waals surface area contributed by atoms with Crippen LogP contribution < -0.4 is 5.32 Å². The Labute approximate surface area is 67.8 Å². The fraction of sp³-hybridized carbons (Fsp3) is 0.875. The van der Waals surface area contributed by atoms with E-state index in [1.807, 2.05) is 14.0 Å². The molecule has 64 valence electrons. The second kappa shape index (κ2) is 2.81. The summed E-state index contributed by atoms with van der Waals surface area (Å²) in [7, 11) is 3.70. The van der Waals surface area contributed by atoms with Gasteiger partial charge in [-0.3, -0.25) is 9.69 Å². The molecule has 1 amide bonds. The largest absolute Gasteiger partial charge is 0.358 e. The minimum atomic E-state index is -0.255. The summed E-state index contributed by atoms with van der Waals surface area (Å²) in [6.07, 6.45) is 2.10. The van der Waals surface area contributed by atoms with Crippen LogP contribution in [0, 0.1) is 0 Å². The lowest BCUT2D eigenvalue weighted by Gasteiger charge is -2.29. The summed E-state index contributed by atoms with van der Waals surface area (Å²) in [6, 6.07) is 0. The minimum absolute atomic E-state index is 0.137. The summed E-state index contributed by atoms with van der Waals surface area (Å²) >= 11 is 0. The van der Waals surface area contributed by atoms with Gasteiger partial charge in [0.05, 0.1) is 5.54 Å². The normalized spacial score (nSPS) is 32.3. The molecule has 0 aliphatic carbocycles. The molecular formula is C8H16N2O. The van der Waals surface area contributed by atoms with Gasteiger partial charge in [0.2, 0.25) is 5.91 Å². The van der Waals surface area contributed by atoms with E-state index in [2.05, 4.69) is 10.2 Å². The molecule has 0 aromatic heterocycles. The van der Waals surface area contributed by atoms with Gasteiger partial charge in [-0.15, -0.1) is 0 Å².